The smallest absolute Gasteiger partial charge is 0.420 e. The van der Waals surface area contributed by atoms with Crippen molar-refractivity contribution in [2.24, 2.45) is 5.92 Å². The van der Waals surface area contributed by atoms with E-state index in [1.54, 1.807) is 54.5 Å². The molecule has 0 spiro atoms. The van der Waals surface area contributed by atoms with E-state index in [-0.39, 0.29) is 31.7 Å². The van der Waals surface area contributed by atoms with E-state index in [1.165, 1.54) is 0 Å². The number of carbonyl (C=O) groups is 4. The van der Waals surface area contributed by atoms with Gasteiger partial charge in [-0.15, -0.1) is 6.58 Å². The summed E-state index contributed by atoms with van der Waals surface area (Å²) in [6.45, 7) is 15.2. The fraction of sp³-hybridized carbons (Fsp3) is 0.727. The molecule has 8 nitrogen and oxygen atoms in total. The highest BCUT2D eigenvalue weighted by Crippen LogP contribution is 2.53. The summed E-state index contributed by atoms with van der Waals surface area (Å²) in [7, 11) is 0. The van der Waals surface area contributed by atoms with Crippen molar-refractivity contribution < 1.29 is 33.4 Å². The number of nitrogens with zero attached hydrogens (tertiary/aromatic N) is 1. The largest absolute Gasteiger partial charge is 0.464 e. The number of carbonyl (C=O) groups excluding carboxylic acids is 4. The van der Waals surface area contributed by atoms with Gasteiger partial charge >= 0.3 is 18.2 Å². The van der Waals surface area contributed by atoms with E-state index < -0.39 is 40.8 Å². The van der Waals surface area contributed by atoms with Crippen LogP contribution in [0.5, 0.6) is 0 Å². The fourth-order valence-corrected chi connectivity index (χ4v) is 3.08. The molecule has 0 aliphatic heterocycles. The van der Waals surface area contributed by atoms with Crippen LogP contribution in [0.1, 0.15) is 74.1 Å². The fourth-order valence-electron chi connectivity index (χ4n) is 3.08. The van der Waals surface area contributed by atoms with E-state index in [9.17, 15) is 19.2 Å². The maximum atomic E-state index is 13.0. The van der Waals surface area contributed by atoms with Crippen molar-refractivity contribution in [1.29, 1.82) is 0 Å². The Kier molecular flexibility index (Phi) is 8.23. The Balaban J connectivity index is 3.31. The molecule has 0 aromatic rings. The lowest BCUT2D eigenvalue weighted by atomic mass is 10.0. The monoisotopic (exact) mass is 425 g/mol. The van der Waals surface area contributed by atoms with Crippen LogP contribution >= 0.6 is 0 Å². The van der Waals surface area contributed by atoms with Gasteiger partial charge in [-0.05, 0) is 61.3 Å². The predicted octanol–water partition coefficient (Wildman–Crippen LogP) is 4.41. The van der Waals surface area contributed by atoms with Crippen molar-refractivity contribution in [3.63, 3.8) is 0 Å². The Bertz CT molecular complexity index is 659. The Morgan fingerprint density at radius 1 is 1.03 bits per heavy atom. The van der Waals surface area contributed by atoms with Crippen LogP contribution in [0.3, 0.4) is 0 Å². The van der Waals surface area contributed by atoms with Gasteiger partial charge in [0.05, 0.1) is 6.61 Å². The summed E-state index contributed by atoms with van der Waals surface area (Å²) in [4.78, 5) is 51.9. The van der Waals surface area contributed by atoms with Gasteiger partial charge in [0, 0.05) is 18.8 Å². The normalized spacial score (nSPS) is 20.7. The Morgan fingerprint density at radius 2 is 1.53 bits per heavy atom. The van der Waals surface area contributed by atoms with Crippen LogP contribution in [0, 0.1) is 5.92 Å². The number of rotatable bonds is 8. The van der Waals surface area contributed by atoms with Crippen LogP contribution < -0.4 is 0 Å². The predicted molar refractivity (Wildman–Crippen MR) is 111 cm³/mol. The minimum atomic E-state index is -1.62. The molecule has 0 radical (unpaired) electrons. The second-order valence-corrected chi connectivity index (χ2v) is 9.41. The van der Waals surface area contributed by atoms with Crippen LogP contribution in [0.2, 0.25) is 0 Å². The highest BCUT2D eigenvalue weighted by atomic mass is 16.6. The highest BCUT2D eigenvalue weighted by Gasteiger charge is 2.70. The molecule has 0 bridgehead atoms. The molecule has 1 fully saturated rings. The minimum absolute atomic E-state index is 0.0365. The Hall–Kier alpha value is -2.38. The maximum Gasteiger partial charge on any atom is 0.420 e. The first-order valence-corrected chi connectivity index (χ1v) is 10.2. The molecule has 2 amide bonds. The SMILES string of the molecule is C=CCCC(=O)CC1C[C@@]1(C(=O)OCC)N(C(=O)OC(C)(C)C)C(=O)OC(C)(C)C. The third-order valence-electron chi connectivity index (χ3n) is 4.35. The van der Waals surface area contributed by atoms with Crippen molar-refractivity contribution >= 4 is 23.9 Å². The number of amides is 2. The molecular formula is C22H35NO7. The van der Waals surface area contributed by atoms with Gasteiger partial charge in [0.25, 0.3) is 0 Å². The van der Waals surface area contributed by atoms with E-state index in [0.717, 1.165) is 0 Å². The summed E-state index contributed by atoms with van der Waals surface area (Å²) in [5, 5.41) is 0. The number of imide groups is 1. The van der Waals surface area contributed by atoms with Crippen LogP contribution in [0.15, 0.2) is 12.7 Å². The first-order chi connectivity index (χ1) is 13.7. The Labute approximate surface area is 178 Å². The van der Waals surface area contributed by atoms with E-state index in [2.05, 4.69) is 6.58 Å². The molecule has 1 unspecified atom stereocenters. The molecular weight excluding hydrogens is 390 g/mol. The molecule has 1 aliphatic carbocycles. The third kappa shape index (κ3) is 6.85. The molecule has 30 heavy (non-hydrogen) atoms. The van der Waals surface area contributed by atoms with Gasteiger partial charge in [-0.3, -0.25) is 4.79 Å². The van der Waals surface area contributed by atoms with Crippen molar-refractivity contribution in [3.8, 4) is 0 Å². The van der Waals surface area contributed by atoms with E-state index in [4.69, 9.17) is 14.2 Å². The summed E-state index contributed by atoms with van der Waals surface area (Å²) < 4.78 is 16.0. The van der Waals surface area contributed by atoms with Gasteiger partial charge in [0.1, 0.15) is 17.0 Å². The first-order valence-electron chi connectivity index (χ1n) is 10.2. The van der Waals surface area contributed by atoms with Crippen LogP contribution in [0.25, 0.3) is 0 Å². The second kappa shape index (κ2) is 9.62. The number of hydrogen-bond donors (Lipinski definition) is 0. The number of esters is 1. The van der Waals surface area contributed by atoms with Gasteiger partial charge in [-0.2, -0.15) is 4.90 Å². The van der Waals surface area contributed by atoms with Gasteiger partial charge in [-0.1, -0.05) is 6.08 Å². The zero-order valence-electron chi connectivity index (χ0n) is 19.2. The number of ether oxygens (including phenoxy) is 3. The molecule has 1 rings (SSSR count). The van der Waals surface area contributed by atoms with Gasteiger partial charge in [-0.25, -0.2) is 14.4 Å². The van der Waals surface area contributed by atoms with Crippen molar-refractivity contribution in [1.82, 2.24) is 4.90 Å². The van der Waals surface area contributed by atoms with Gasteiger partial charge in [0.2, 0.25) is 0 Å². The molecule has 1 saturated carbocycles. The molecule has 8 heteroatoms. The van der Waals surface area contributed by atoms with E-state index in [0.29, 0.717) is 11.3 Å². The molecule has 0 saturated heterocycles. The number of Topliss-reactive ketones (excluding diaryl/α,β-unsaturated/α-hetero) is 1. The van der Waals surface area contributed by atoms with Gasteiger partial charge < -0.3 is 14.2 Å². The topological polar surface area (TPSA) is 99.2 Å². The number of ketones is 1. The van der Waals surface area contributed by atoms with E-state index >= 15 is 0 Å². The van der Waals surface area contributed by atoms with Crippen molar-refractivity contribution in [3.05, 3.63) is 12.7 Å². The number of hydrogen-bond acceptors (Lipinski definition) is 7. The minimum Gasteiger partial charge on any atom is -0.464 e. The maximum absolute atomic E-state index is 13.0. The van der Waals surface area contributed by atoms with Gasteiger partial charge in [0.15, 0.2) is 5.54 Å². The lowest BCUT2D eigenvalue weighted by Crippen LogP contribution is -2.55. The average Bonchev–Trinajstić information content (AvgIpc) is 3.24. The number of allylic oxidation sites excluding steroid dienone is 1. The quantitative estimate of drug-likeness (QED) is 0.323. The Morgan fingerprint density at radius 3 is 1.93 bits per heavy atom. The summed E-state index contributed by atoms with van der Waals surface area (Å²) >= 11 is 0. The molecule has 1 aliphatic rings. The lowest BCUT2D eigenvalue weighted by molar-refractivity contribution is -0.151. The van der Waals surface area contributed by atoms with Crippen LogP contribution in [-0.2, 0) is 23.8 Å². The summed E-state index contributed by atoms with van der Waals surface area (Å²) in [6, 6.07) is 0. The standard InChI is InChI=1S/C22H35NO7/c1-9-11-12-16(24)13-15-14-22(15,17(25)28-10-2)23(18(26)29-20(3,4)5)19(27)30-21(6,7)8/h9,15H,1,10-14H2,2-8H3/t15?,22-/m1/s1. The second-order valence-electron chi connectivity index (χ2n) is 9.41. The van der Waals surface area contributed by atoms with Crippen molar-refractivity contribution in [2.75, 3.05) is 6.61 Å². The molecule has 0 N–H and O–H groups in total. The van der Waals surface area contributed by atoms with Crippen LogP contribution in [0.4, 0.5) is 9.59 Å². The highest BCUT2D eigenvalue weighted by molar-refractivity contribution is 5.99. The van der Waals surface area contributed by atoms with E-state index in [1.807, 2.05) is 0 Å². The first kappa shape index (κ1) is 25.7. The summed E-state index contributed by atoms with van der Waals surface area (Å²) in [5.74, 6) is -1.39. The summed E-state index contributed by atoms with van der Waals surface area (Å²) in [5.41, 5.74) is -3.43. The van der Waals surface area contributed by atoms with Crippen molar-refractivity contribution in [2.45, 2.75) is 90.9 Å². The average molecular weight is 426 g/mol. The lowest BCUT2D eigenvalue weighted by Gasteiger charge is -2.33. The molecule has 0 aromatic heterocycles. The third-order valence-corrected chi connectivity index (χ3v) is 4.35. The molecule has 170 valence electrons. The zero-order chi connectivity index (χ0) is 23.3. The molecule has 2 atom stereocenters. The summed E-state index contributed by atoms with van der Waals surface area (Å²) in [6.07, 6.45) is 0.560. The molecule has 0 heterocycles. The zero-order valence-corrected chi connectivity index (χ0v) is 19.2. The molecule has 0 aromatic carbocycles. The van der Waals surface area contributed by atoms with Crippen LogP contribution in [-0.4, -0.2) is 52.2 Å².